The van der Waals surface area contributed by atoms with E-state index < -0.39 is 0 Å². The third kappa shape index (κ3) is 2.62. The van der Waals surface area contributed by atoms with E-state index in [-0.39, 0.29) is 6.04 Å². The number of rotatable bonds is 2. The summed E-state index contributed by atoms with van der Waals surface area (Å²) in [5.74, 6) is 0. The smallest absolute Gasteiger partial charge is 0.0554 e. The van der Waals surface area contributed by atoms with Crippen LogP contribution in [0.2, 0.25) is 0 Å². The van der Waals surface area contributed by atoms with Crippen molar-refractivity contribution in [3.63, 3.8) is 0 Å². The highest BCUT2D eigenvalue weighted by molar-refractivity contribution is 5.40. The molecule has 0 aliphatic rings. The van der Waals surface area contributed by atoms with E-state index in [4.69, 9.17) is 5.73 Å². The minimum Gasteiger partial charge on any atom is -0.320 e. The van der Waals surface area contributed by atoms with Crippen molar-refractivity contribution >= 4 is 0 Å². The monoisotopic (exact) mass is 239 g/mol. The topological polar surface area (TPSA) is 26.0 Å². The summed E-state index contributed by atoms with van der Waals surface area (Å²) in [5.41, 5.74) is 13.9. The van der Waals surface area contributed by atoms with Gasteiger partial charge in [-0.3, -0.25) is 0 Å². The molecule has 0 spiro atoms. The number of hydrogen-bond acceptors (Lipinski definition) is 1. The van der Waals surface area contributed by atoms with Gasteiger partial charge in [-0.15, -0.1) is 0 Å². The standard InChI is InChI=1S/C17H21N/c1-11-5-6-16(14(4)8-11)17(18)15-9-12(2)7-13(3)10-15/h5-10,17H,18H2,1-4H3. The molecule has 2 aromatic rings. The molecule has 2 rings (SSSR count). The van der Waals surface area contributed by atoms with Crippen LogP contribution < -0.4 is 5.73 Å². The zero-order valence-corrected chi connectivity index (χ0v) is 11.6. The van der Waals surface area contributed by atoms with Crippen molar-refractivity contribution in [3.05, 3.63) is 69.8 Å². The third-order valence-electron chi connectivity index (χ3n) is 3.36. The molecule has 0 amide bonds. The second-order valence-corrected chi connectivity index (χ2v) is 5.26. The van der Waals surface area contributed by atoms with E-state index in [1.807, 2.05) is 0 Å². The lowest BCUT2D eigenvalue weighted by Crippen LogP contribution is -2.13. The summed E-state index contributed by atoms with van der Waals surface area (Å²) in [5, 5.41) is 0. The first-order valence-electron chi connectivity index (χ1n) is 6.38. The Labute approximate surface area is 110 Å². The van der Waals surface area contributed by atoms with Crippen LogP contribution in [-0.4, -0.2) is 0 Å². The Hall–Kier alpha value is -1.60. The highest BCUT2D eigenvalue weighted by Crippen LogP contribution is 2.25. The molecule has 1 atom stereocenters. The van der Waals surface area contributed by atoms with E-state index in [9.17, 15) is 0 Å². The largest absolute Gasteiger partial charge is 0.320 e. The molecule has 2 N–H and O–H groups in total. The first-order valence-corrected chi connectivity index (χ1v) is 6.38. The first kappa shape index (κ1) is 12.8. The average Bonchev–Trinajstić information content (AvgIpc) is 2.26. The average molecular weight is 239 g/mol. The van der Waals surface area contributed by atoms with Gasteiger partial charge in [0.25, 0.3) is 0 Å². The zero-order valence-electron chi connectivity index (χ0n) is 11.6. The molecule has 0 saturated heterocycles. The van der Waals surface area contributed by atoms with Crippen LogP contribution in [0.1, 0.15) is 39.4 Å². The second kappa shape index (κ2) is 4.95. The van der Waals surface area contributed by atoms with Crippen LogP contribution in [0.15, 0.2) is 36.4 Å². The summed E-state index contributed by atoms with van der Waals surface area (Å²) in [6, 6.07) is 13.0. The molecule has 0 fully saturated rings. The molecule has 0 bridgehead atoms. The Bertz CT molecular complexity index is 550. The normalized spacial score (nSPS) is 12.5. The summed E-state index contributed by atoms with van der Waals surface area (Å²) in [6.07, 6.45) is 0. The van der Waals surface area contributed by atoms with Crippen molar-refractivity contribution in [2.24, 2.45) is 5.73 Å². The summed E-state index contributed by atoms with van der Waals surface area (Å²) in [6.45, 7) is 8.47. The Morgan fingerprint density at radius 2 is 1.39 bits per heavy atom. The number of nitrogens with two attached hydrogens (primary N) is 1. The van der Waals surface area contributed by atoms with Gasteiger partial charge in [-0.2, -0.15) is 0 Å². The summed E-state index contributed by atoms with van der Waals surface area (Å²) >= 11 is 0. The van der Waals surface area contributed by atoms with E-state index in [1.165, 1.54) is 33.4 Å². The van der Waals surface area contributed by atoms with E-state index in [2.05, 4.69) is 64.1 Å². The summed E-state index contributed by atoms with van der Waals surface area (Å²) < 4.78 is 0. The Morgan fingerprint density at radius 3 is 1.94 bits per heavy atom. The number of hydrogen-bond donors (Lipinski definition) is 1. The lowest BCUT2D eigenvalue weighted by Gasteiger charge is -2.17. The fourth-order valence-corrected chi connectivity index (χ4v) is 2.54. The molecular formula is C17H21N. The van der Waals surface area contributed by atoms with Crippen molar-refractivity contribution in [2.45, 2.75) is 33.7 Å². The molecule has 2 aromatic carbocycles. The van der Waals surface area contributed by atoms with Crippen LogP contribution in [0, 0.1) is 27.7 Å². The van der Waals surface area contributed by atoms with Crippen LogP contribution in [0.3, 0.4) is 0 Å². The predicted octanol–water partition coefficient (Wildman–Crippen LogP) is 3.97. The van der Waals surface area contributed by atoms with Crippen LogP contribution in [0.25, 0.3) is 0 Å². The number of aryl methyl sites for hydroxylation is 4. The SMILES string of the molecule is Cc1cc(C)cc(C(N)c2ccc(C)cc2C)c1. The van der Waals surface area contributed by atoms with Gasteiger partial charge in [0.2, 0.25) is 0 Å². The maximum Gasteiger partial charge on any atom is 0.0554 e. The highest BCUT2D eigenvalue weighted by Gasteiger charge is 2.12. The predicted molar refractivity (Wildman–Crippen MR) is 77.9 cm³/mol. The maximum atomic E-state index is 6.40. The van der Waals surface area contributed by atoms with E-state index >= 15 is 0 Å². The van der Waals surface area contributed by atoms with E-state index in [1.54, 1.807) is 0 Å². The van der Waals surface area contributed by atoms with Crippen LogP contribution in [-0.2, 0) is 0 Å². The lowest BCUT2D eigenvalue weighted by molar-refractivity contribution is 0.857. The number of benzene rings is 2. The van der Waals surface area contributed by atoms with Gasteiger partial charge < -0.3 is 5.73 Å². The Morgan fingerprint density at radius 1 is 0.778 bits per heavy atom. The van der Waals surface area contributed by atoms with Crippen molar-refractivity contribution in [1.29, 1.82) is 0 Å². The molecule has 1 unspecified atom stereocenters. The minimum absolute atomic E-state index is 0.0378. The molecular weight excluding hydrogens is 218 g/mol. The molecule has 1 nitrogen and oxygen atoms in total. The van der Waals surface area contributed by atoms with Crippen molar-refractivity contribution < 1.29 is 0 Å². The minimum atomic E-state index is -0.0378. The molecule has 0 saturated carbocycles. The van der Waals surface area contributed by atoms with Gasteiger partial charge in [-0.1, -0.05) is 53.1 Å². The van der Waals surface area contributed by atoms with Crippen molar-refractivity contribution in [3.8, 4) is 0 Å². The molecule has 0 heterocycles. The molecule has 0 aliphatic carbocycles. The summed E-state index contributed by atoms with van der Waals surface area (Å²) in [7, 11) is 0. The van der Waals surface area contributed by atoms with Gasteiger partial charge in [0.1, 0.15) is 0 Å². The fourth-order valence-electron chi connectivity index (χ4n) is 2.54. The second-order valence-electron chi connectivity index (χ2n) is 5.26. The van der Waals surface area contributed by atoms with Gasteiger partial charge >= 0.3 is 0 Å². The van der Waals surface area contributed by atoms with Gasteiger partial charge in [0.15, 0.2) is 0 Å². The van der Waals surface area contributed by atoms with Crippen LogP contribution in [0.4, 0.5) is 0 Å². The van der Waals surface area contributed by atoms with E-state index in [0.29, 0.717) is 0 Å². The van der Waals surface area contributed by atoms with E-state index in [0.717, 1.165) is 0 Å². The first-order chi connectivity index (χ1) is 8.47. The molecule has 0 aromatic heterocycles. The van der Waals surface area contributed by atoms with Gasteiger partial charge in [-0.25, -0.2) is 0 Å². The van der Waals surface area contributed by atoms with Crippen molar-refractivity contribution in [2.75, 3.05) is 0 Å². The Balaban J connectivity index is 2.44. The Kier molecular flexibility index (Phi) is 3.53. The third-order valence-corrected chi connectivity index (χ3v) is 3.36. The zero-order chi connectivity index (χ0) is 13.3. The van der Waals surface area contributed by atoms with Gasteiger partial charge in [0, 0.05) is 0 Å². The quantitative estimate of drug-likeness (QED) is 0.843. The molecule has 0 aliphatic heterocycles. The fraction of sp³-hybridized carbons (Fsp3) is 0.294. The van der Waals surface area contributed by atoms with Crippen LogP contribution >= 0.6 is 0 Å². The molecule has 1 heteroatoms. The lowest BCUT2D eigenvalue weighted by atomic mass is 9.93. The highest BCUT2D eigenvalue weighted by atomic mass is 14.6. The van der Waals surface area contributed by atoms with Crippen LogP contribution in [0.5, 0.6) is 0 Å². The molecule has 0 radical (unpaired) electrons. The maximum absolute atomic E-state index is 6.40. The molecule has 18 heavy (non-hydrogen) atoms. The summed E-state index contributed by atoms with van der Waals surface area (Å²) in [4.78, 5) is 0. The van der Waals surface area contributed by atoms with Crippen molar-refractivity contribution in [1.82, 2.24) is 0 Å². The van der Waals surface area contributed by atoms with Gasteiger partial charge in [-0.05, 0) is 44.4 Å². The van der Waals surface area contributed by atoms with Gasteiger partial charge in [0.05, 0.1) is 6.04 Å². The molecule has 94 valence electrons.